The zero-order valence-electron chi connectivity index (χ0n) is 8.41. The van der Waals surface area contributed by atoms with Crippen LogP contribution >= 0.6 is 0 Å². The van der Waals surface area contributed by atoms with E-state index in [-0.39, 0.29) is 5.56 Å². The van der Waals surface area contributed by atoms with Crippen LogP contribution in [0.1, 0.15) is 17.0 Å². The molecule has 1 aromatic carbocycles. The van der Waals surface area contributed by atoms with E-state index in [9.17, 15) is 22.0 Å². The molecule has 0 amide bonds. The number of hydrogen-bond acceptors (Lipinski definition) is 1. The number of hydrogen-bond donors (Lipinski definition) is 1. The van der Waals surface area contributed by atoms with Crippen LogP contribution in [0.15, 0.2) is 12.1 Å². The van der Waals surface area contributed by atoms with Gasteiger partial charge in [-0.05, 0) is 24.6 Å². The summed E-state index contributed by atoms with van der Waals surface area (Å²) in [6.45, 7) is 0.455. The molecule has 0 fully saturated rings. The van der Waals surface area contributed by atoms with E-state index in [4.69, 9.17) is 5.73 Å². The van der Waals surface area contributed by atoms with E-state index in [1.807, 2.05) is 0 Å². The molecule has 0 aliphatic carbocycles. The van der Waals surface area contributed by atoms with Crippen molar-refractivity contribution >= 4 is 0 Å². The molecule has 16 heavy (non-hydrogen) atoms. The average molecular weight is 239 g/mol. The predicted molar refractivity (Wildman–Crippen MR) is 48.9 cm³/mol. The van der Waals surface area contributed by atoms with Crippen molar-refractivity contribution in [1.29, 1.82) is 0 Å². The third kappa shape index (κ3) is 2.49. The van der Waals surface area contributed by atoms with Gasteiger partial charge in [-0.3, -0.25) is 0 Å². The molecule has 90 valence electrons. The zero-order valence-corrected chi connectivity index (χ0v) is 8.41. The fourth-order valence-electron chi connectivity index (χ4n) is 1.37. The Balaban J connectivity index is 3.26. The molecule has 2 N–H and O–H groups in total. The molecule has 1 rings (SSSR count). The maximum Gasteiger partial charge on any atom is 0.397 e. The lowest BCUT2D eigenvalue weighted by molar-refractivity contribution is -0.148. The molecular weight excluding hydrogens is 229 g/mol. The number of aryl methyl sites for hydroxylation is 1. The highest BCUT2D eigenvalue weighted by Crippen LogP contribution is 2.35. The first kappa shape index (κ1) is 12.9. The minimum Gasteiger partial charge on any atom is -0.330 e. The molecule has 6 heteroatoms. The molecule has 0 saturated heterocycles. The summed E-state index contributed by atoms with van der Waals surface area (Å²) in [5.74, 6) is -4.15. The Morgan fingerprint density at radius 2 is 1.75 bits per heavy atom. The van der Waals surface area contributed by atoms with Crippen LogP contribution in [0.2, 0.25) is 0 Å². The second-order valence-electron chi connectivity index (χ2n) is 3.45. The molecule has 1 aromatic rings. The lowest BCUT2D eigenvalue weighted by Crippen LogP contribution is -2.29. The van der Waals surface area contributed by atoms with E-state index >= 15 is 0 Å². The van der Waals surface area contributed by atoms with E-state index in [2.05, 4.69) is 0 Å². The van der Waals surface area contributed by atoms with Crippen LogP contribution in [0, 0.1) is 18.6 Å². The van der Waals surface area contributed by atoms with Crippen molar-refractivity contribution in [1.82, 2.24) is 0 Å². The van der Waals surface area contributed by atoms with Gasteiger partial charge in [0.1, 0.15) is 11.6 Å². The summed E-state index contributed by atoms with van der Waals surface area (Å²) in [4.78, 5) is 0. The molecule has 0 radical (unpaired) electrons. The quantitative estimate of drug-likeness (QED) is 0.789. The summed E-state index contributed by atoms with van der Waals surface area (Å²) in [5, 5.41) is 0. The maximum atomic E-state index is 13.3. The molecular formula is C10H10F5N. The number of nitrogens with two attached hydrogens (primary N) is 1. The minimum atomic E-state index is -4.68. The maximum absolute atomic E-state index is 13.3. The third-order valence-corrected chi connectivity index (χ3v) is 2.28. The first-order chi connectivity index (χ1) is 7.27. The normalized spacial score (nSPS) is 13.9. The van der Waals surface area contributed by atoms with Crippen molar-refractivity contribution in [2.45, 2.75) is 19.0 Å². The van der Waals surface area contributed by atoms with Gasteiger partial charge in [0.2, 0.25) is 0 Å². The Hall–Kier alpha value is -1.17. The number of alkyl halides is 3. The van der Waals surface area contributed by atoms with Gasteiger partial charge >= 0.3 is 6.18 Å². The van der Waals surface area contributed by atoms with E-state index in [0.717, 1.165) is 6.07 Å². The lowest BCUT2D eigenvalue weighted by Gasteiger charge is -2.19. The molecule has 0 bridgehead atoms. The minimum absolute atomic E-state index is 0.0424. The Bertz CT molecular complexity index is 386. The molecule has 1 atom stereocenters. The number of rotatable bonds is 2. The van der Waals surface area contributed by atoms with Crippen LogP contribution in [0.25, 0.3) is 0 Å². The lowest BCUT2D eigenvalue weighted by atomic mass is 9.96. The Morgan fingerprint density at radius 1 is 1.19 bits per heavy atom. The molecule has 0 aliphatic rings. The second-order valence-corrected chi connectivity index (χ2v) is 3.45. The van der Waals surface area contributed by atoms with Gasteiger partial charge in [-0.1, -0.05) is 0 Å². The van der Waals surface area contributed by atoms with Gasteiger partial charge in [-0.15, -0.1) is 0 Å². The first-order valence-electron chi connectivity index (χ1n) is 4.49. The van der Waals surface area contributed by atoms with Crippen molar-refractivity contribution < 1.29 is 22.0 Å². The van der Waals surface area contributed by atoms with Crippen LogP contribution in [0.3, 0.4) is 0 Å². The van der Waals surface area contributed by atoms with Gasteiger partial charge in [0.05, 0.1) is 5.92 Å². The highest BCUT2D eigenvalue weighted by atomic mass is 19.4. The number of benzene rings is 1. The summed E-state index contributed by atoms with van der Waals surface area (Å²) < 4.78 is 63.7. The van der Waals surface area contributed by atoms with Gasteiger partial charge in [0.15, 0.2) is 0 Å². The summed E-state index contributed by atoms with van der Waals surface area (Å²) >= 11 is 0. The summed E-state index contributed by atoms with van der Waals surface area (Å²) in [6.07, 6.45) is -4.68. The fraction of sp³-hybridized carbons (Fsp3) is 0.400. The highest BCUT2D eigenvalue weighted by Gasteiger charge is 2.41. The largest absolute Gasteiger partial charge is 0.397 e. The summed E-state index contributed by atoms with van der Waals surface area (Å²) in [7, 11) is 0. The van der Waals surface area contributed by atoms with Crippen molar-refractivity contribution in [2.75, 3.05) is 6.54 Å². The van der Waals surface area contributed by atoms with Crippen molar-refractivity contribution in [3.05, 3.63) is 34.9 Å². The predicted octanol–water partition coefficient (Wildman–Crippen LogP) is 2.88. The fourth-order valence-corrected chi connectivity index (χ4v) is 1.37. The van der Waals surface area contributed by atoms with E-state index in [1.54, 1.807) is 0 Å². The van der Waals surface area contributed by atoms with E-state index in [0.29, 0.717) is 6.07 Å². The van der Waals surface area contributed by atoms with Gasteiger partial charge in [0, 0.05) is 12.1 Å². The van der Waals surface area contributed by atoms with Gasteiger partial charge in [-0.25, -0.2) is 8.78 Å². The molecule has 0 aromatic heterocycles. The highest BCUT2D eigenvalue weighted by molar-refractivity contribution is 5.29. The third-order valence-electron chi connectivity index (χ3n) is 2.28. The Kier molecular flexibility index (Phi) is 3.52. The van der Waals surface area contributed by atoms with Crippen molar-refractivity contribution in [2.24, 2.45) is 5.73 Å². The topological polar surface area (TPSA) is 26.0 Å². The van der Waals surface area contributed by atoms with Crippen LogP contribution < -0.4 is 5.73 Å². The molecule has 1 unspecified atom stereocenters. The van der Waals surface area contributed by atoms with Gasteiger partial charge in [0.25, 0.3) is 0 Å². The second kappa shape index (κ2) is 4.37. The zero-order chi connectivity index (χ0) is 12.5. The molecule has 0 heterocycles. The molecule has 1 nitrogen and oxygen atoms in total. The number of halogens is 5. The first-order valence-corrected chi connectivity index (χ1v) is 4.49. The van der Waals surface area contributed by atoms with Crippen LogP contribution in [0.4, 0.5) is 22.0 Å². The van der Waals surface area contributed by atoms with Crippen LogP contribution in [-0.4, -0.2) is 12.7 Å². The molecule has 0 aliphatic heterocycles. The van der Waals surface area contributed by atoms with Crippen LogP contribution in [0.5, 0.6) is 0 Å². The smallest absolute Gasteiger partial charge is 0.330 e. The standard InChI is InChI=1S/C10H10F5N/c1-5-2-9(12)6(3-8(5)11)7(4-16)10(13,14)15/h2-3,7H,4,16H2,1H3. The van der Waals surface area contributed by atoms with E-state index < -0.39 is 35.8 Å². The van der Waals surface area contributed by atoms with Crippen molar-refractivity contribution in [3.8, 4) is 0 Å². The van der Waals surface area contributed by atoms with E-state index in [1.165, 1.54) is 6.92 Å². The van der Waals surface area contributed by atoms with Gasteiger partial charge < -0.3 is 5.73 Å². The average Bonchev–Trinajstić information content (AvgIpc) is 2.12. The monoisotopic (exact) mass is 239 g/mol. The van der Waals surface area contributed by atoms with Gasteiger partial charge in [-0.2, -0.15) is 13.2 Å². The SMILES string of the molecule is Cc1cc(F)c(C(CN)C(F)(F)F)cc1F. The Labute approximate surface area is 89.1 Å². The van der Waals surface area contributed by atoms with Crippen LogP contribution in [-0.2, 0) is 0 Å². The molecule has 0 spiro atoms. The Morgan fingerprint density at radius 3 is 2.19 bits per heavy atom. The molecule has 0 saturated carbocycles. The summed E-state index contributed by atoms with van der Waals surface area (Å²) in [5.41, 5.74) is 4.14. The summed E-state index contributed by atoms with van der Waals surface area (Å²) in [6, 6.07) is 1.29. The van der Waals surface area contributed by atoms with Crippen molar-refractivity contribution in [3.63, 3.8) is 0 Å².